The molecule has 2 N–H and O–H groups in total. The van der Waals surface area contributed by atoms with Crippen molar-refractivity contribution in [2.45, 2.75) is 32.7 Å². The van der Waals surface area contributed by atoms with E-state index in [0.29, 0.717) is 11.6 Å². The van der Waals surface area contributed by atoms with Crippen LogP contribution >= 0.6 is 0 Å². The van der Waals surface area contributed by atoms with Crippen LogP contribution in [0, 0.1) is 12.7 Å². The van der Waals surface area contributed by atoms with Gasteiger partial charge in [-0.3, -0.25) is 0 Å². The molecule has 0 heterocycles. The molecule has 3 heteroatoms. The second-order valence-corrected chi connectivity index (χ2v) is 3.88. The van der Waals surface area contributed by atoms with E-state index >= 15 is 0 Å². The Kier molecular flexibility index (Phi) is 4.56. The third kappa shape index (κ3) is 3.88. The van der Waals surface area contributed by atoms with Crippen LogP contribution in [-0.4, -0.2) is 17.8 Å². The van der Waals surface area contributed by atoms with E-state index in [-0.39, 0.29) is 12.4 Å². The molecule has 1 aromatic carbocycles. The normalized spacial score (nSPS) is 12.5. The summed E-state index contributed by atoms with van der Waals surface area (Å²) in [6, 6.07) is 5.29. The van der Waals surface area contributed by atoms with Crippen molar-refractivity contribution in [1.29, 1.82) is 0 Å². The largest absolute Gasteiger partial charge is 0.396 e. The maximum atomic E-state index is 13.0. The maximum Gasteiger partial charge on any atom is 0.126 e. The van der Waals surface area contributed by atoms with Gasteiger partial charge in [0.05, 0.1) is 0 Å². The van der Waals surface area contributed by atoms with Crippen LogP contribution in [0.1, 0.15) is 25.3 Å². The number of halogens is 1. The van der Waals surface area contributed by atoms with Crippen molar-refractivity contribution in [2.75, 3.05) is 11.9 Å². The van der Waals surface area contributed by atoms with E-state index in [0.717, 1.165) is 18.5 Å². The predicted molar refractivity (Wildman–Crippen MR) is 60.5 cm³/mol. The molecule has 0 bridgehead atoms. The maximum absolute atomic E-state index is 13.0. The molecular weight excluding hydrogens is 193 g/mol. The summed E-state index contributed by atoms with van der Waals surface area (Å²) in [7, 11) is 0. The van der Waals surface area contributed by atoms with Crippen LogP contribution in [0.4, 0.5) is 10.1 Å². The highest BCUT2D eigenvalue weighted by Gasteiger charge is 2.03. The van der Waals surface area contributed by atoms with Gasteiger partial charge in [-0.25, -0.2) is 4.39 Å². The van der Waals surface area contributed by atoms with Crippen LogP contribution in [-0.2, 0) is 0 Å². The minimum atomic E-state index is -0.177. The average molecular weight is 211 g/mol. The zero-order chi connectivity index (χ0) is 11.3. The van der Waals surface area contributed by atoms with Gasteiger partial charge in [0.2, 0.25) is 0 Å². The van der Waals surface area contributed by atoms with E-state index in [9.17, 15) is 4.39 Å². The number of anilines is 1. The Hall–Kier alpha value is -1.09. The fraction of sp³-hybridized carbons (Fsp3) is 0.500. The van der Waals surface area contributed by atoms with Crippen molar-refractivity contribution in [3.05, 3.63) is 29.6 Å². The van der Waals surface area contributed by atoms with Gasteiger partial charge in [0, 0.05) is 18.3 Å². The Bertz CT molecular complexity index is 314. The minimum absolute atomic E-state index is 0.177. The minimum Gasteiger partial charge on any atom is -0.396 e. The van der Waals surface area contributed by atoms with Gasteiger partial charge in [-0.05, 0) is 50.5 Å². The first-order valence-corrected chi connectivity index (χ1v) is 5.27. The lowest BCUT2D eigenvalue weighted by atomic mass is 10.1. The number of rotatable bonds is 5. The van der Waals surface area contributed by atoms with Crippen LogP contribution < -0.4 is 5.32 Å². The van der Waals surface area contributed by atoms with Crippen molar-refractivity contribution in [3.8, 4) is 0 Å². The van der Waals surface area contributed by atoms with E-state index in [1.54, 1.807) is 19.1 Å². The Balaban J connectivity index is 2.53. The molecule has 0 saturated heterocycles. The van der Waals surface area contributed by atoms with Crippen LogP contribution in [0.2, 0.25) is 0 Å². The lowest BCUT2D eigenvalue weighted by molar-refractivity contribution is 0.282. The molecule has 0 amide bonds. The van der Waals surface area contributed by atoms with Gasteiger partial charge in [0.1, 0.15) is 5.82 Å². The highest BCUT2D eigenvalue weighted by Crippen LogP contribution is 2.15. The molecule has 0 aliphatic carbocycles. The lowest BCUT2D eigenvalue weighted by Crippen LogP contribution is -2.15. The van der Waals surface area contributed by atoms with Gasteiger partial charge in [-0.2, -0.15) is 0 Å². The summed E-state index contributed by atoms with van der Waals surface area (Å²) in [6.07, 6.45) is 1.70. The molecule has 0 aromatic heterocycles. The first kappa shape index (κ1) is 12.0. The lowest BCUT2D eigenvalue weighted by Gasteiger charge is -2.15. The van der Waals surface area contributed by atoms with Crippen LogP contribution in [0.3, 0.4) is 0 Å². The standard InChI is InChI=1S/C12H18FNO/c1-9-8-11(5-6-12(9)13)14-10(2)4-3-7-15/h5-6,8,10,14-15H,3-4,7H2,1-2H3. The molecule has 15 heavy (non-hydrogen) atoms. The summed E-state index contributed by atoms with van der Waals surface area (Å²) in [5.41, 5.74) is 1.58. The van der Waals surface area contributed by atoms with Gasteiger partial charge >= 0.3 is 0 Å². The average Bonchev–Trinajstić information content (AvgIpc) is 2.20. The summed E-state index contributed by atoms with van der Waals surface area (Å²) in [5, 5.41) is 12.0. The van der Waals surface area contributed by atoms with Crippen LogP contribution in [0.15, 0.2) is 18.2 Å². The van der Waals surface area contributed by atoms with Crippen molar-refractivity contribution in [1.82, 2.24) is 0 Å². The number of hydrogen-bond acceptors (Lipinski definition) is 2. The van der Waals surface area contributed by atoms with Gasteiger partial charge in [0.15, 0.2) is 0 Å². The topological polar surface area (TPSA) is 32.3 Å². The SMILES string of the molecule is Cc1cc(NC(C)CCCO)ccc1F. The monoisotopic (exact) mass is 211 g/mol. The highest BCUT2D eigenvalue weighted by atomic mass is 19.1. The molecule has 84 valence electrons. The fourth-order valence-corrected chi connectivity index (χ4v) is 1.49. The number of nitrogens with one attached hydrogen (secondary N) is 1. The molecule has 0 aliphatic rings. The molecule has 0 saturated carbocycles. The van der Waals surface area contributed by atoms with Crippen molar-refractivity contribution in [2.24, 2.45) is 0 Å². The molecule has 0 spiro atoms. The molecule has 0 aliphatic heterocycles. The van der Waals surface area contributed by atoms with E-state index in [1.807, 2.05) is 6.92 Å². The summed E-state index contributed by atoms with van der Waals surface area (Å²) >= 11 is 0. The number of aliphatic hydroxyl groups excluding tert-OH is 1. The Labute approximate surface area is 90.1 Å². The number of benzene rings is 1. The van der Waals surface area contributed by atoms with Gasteiger partial charge in [-0.1, -0.05) is 0 Å². The summed E-state index contributed by atoms with van der Waals surface area (Å²) in [4.78, 5) is 0. The van der Waals surface area contributed by atoms with Gasteiger partial charge in [0.25, 0.3) is 0 Å². The molecule has 1 rings (SSSR count). The third-order valence-corrected chi connectivity index (χ3v) is 2.37. The molecule has 1 aromatic rings. The van der Waals surface area contributed by atoms with Crippen molar-refractivity contribution < 1.29 is 9.50 Å². The van der Waals surface area contributed by atoms with Crippen LogP contribution in [0.25, 0.3) is 0 Å². The number of aliphatic hydroxyl groups is 1. The first-order chi connectivity index (χ1) is 7.13. The van der Waals surface area contributed by atoms with E-state index in [1.165, 1.54) is 6.07 Å². The molecule has 2 nitrogen and oxygen atoms in total. The molecule has 1 atom stereocenters. The molecule has 1 unspecified atom stereocenters. The Morgan fingerprint density at radius 3 is 2.80 bits per heavy atom. The van der Waals surface area contributed by atoms with Crippen molar-refractivity contribution >= 4 is 5.69 Å². The second-order valence-electron chi connectivity index (χ2n) is 3.88. The van der Waals surface area contributed by atoms with E-state index < -0.39 is 0 Å². The smallest absolute Gasteiger partial charge is 0.126 e. The second kappa shape index (κ2) is 5.71. The quantitative estimate of drug-likeness (QED) is 0.784. The van der Waals surface area contributed by atoms with Gasteiger partial charge < -0.3 is 10.4 Å². The van der Waals surface area contributed by atoms with Crippen molar-refractivity contribution in [3.63, 3.8) is 0 Å². The number of aryl methyl sites for hydroxylation is 1. The third-order valence-electron chi connectivity index (χ3n) is 2.37. The zero-order valence-corrected chi connectivity index (χ0v) is 9.26. The van der Waals surface area contributed by atoms with E-state index in [2.05, 4.69) is 5.32 Å². The molecule has 0 radical (unpaired) electrons. The first-order valence-electron chi connectivity index (χ1n) is 5.27. The summed E-state index contributed by atoms with van der Waals surface area (Å²) in [6.45, 7) is 4.02. The fourth-order valence-electron chi connectivity index (χ4n) is 1.49. The predicted octanol–water partition coefficient (Wildman–Crippen LogP) is 2.71. The molecule has 0 fully saturated rings. The highest BCUT2D eigenvalue weighted by molar-refractivity contribution is 5.46. The zero-order valence-electron chi connectivity index (χ0n) is 9.26. The Morgan fingerprint density at radius 2 is 2.20 bits per heavy atom. The Morgan fingerprint density at radius 1 is 1.47 bits per heavy atom. The summed E-state index contributed by atoms with van der Waals surface area (Å²) in [5.74, 6) is -0.177. The summed E-state index contributed by atoms with van der Waals surface area (Å²) < 4.78 is 13.0. The van der Waals surface area contributed by atoms with Crippen LogP contribution in [0.5, 0.6) is 0 Å². The molecular formula is C12H18FNO. The number of hydrogen-bond donors (Lipinski definition) is 2. The van der Waals surface area contributed by atoms with Gasteiger partial charge in [-0.15, -0.1) is 0 Å². The van der Waals surface area contributed by atoms with E-state index in [4.69, 9.17) is 5.11 Å².